The Balaban J connectivity index is 1.23. The Morgan fingerprint density at radius 1 is 0.676 bits per heavy atom. The molecule has 0 bridgehead atoms. The van der Waals surface area contributed by atoms with Crippen molar-refractivity contribution < 1.29 is 23.7 Å². The summed E-state index contributed by atoms with van der Waals surface area (Å²) in [5.41, 5.74) is 4.90. The van der Waals surface area contributed by atoms with Crippen molar-refractivity contribution in [3.05, 3.63) is 107 Å². The average molecular weight is 495 g/mol. The van der Waals surface area contributed by atoms with E-state index in [4.69, 9.17) is 18.9 Å². The van der Waals surface area contributed by atoms with Gasteiger partial charge in [0.1, 0.15) is 36.9 Å². The summed E-state index contributed by atoms with van der Waals surface area (Å²) in [7, 11) is 0. The van der Waals surface area contributed by atoms with E-state index >= 15 is 0 Å². The van der Waals surface area contributed by atoms with Crippen LogP contribution in [0.2, 0.25) is 0 Å². The molecule has 0 aromatic heterocycles. The molecule has 0 N–H and O–H groups in total. The number of carbonyl (C=O) groups excluding carboxylic acids is 1. The normalized spacial score (nSPS) is 24.8. The lowest BCUT2D eigenvalue weighted by Crippen LogP contribution is -2.19. The second kappa shape index (κ2) is 10.8. The van der Waals surface area contributed by atoms with Crippen molar-refractivity contribution in [1.29, 1.82) is 0 Å². The minimum atomic E-state index is 0.115. The summed E-state index contributed by atoms with van der Waals surface area (Å²) in [4.78, 5) is 13.6. The molecule has 2 saturated heterocycles. The summed E-state index contributed by atoms with van der Waals surface area (Å²) >= 11 is 0. The van der Waals surface area contributed by atoms with E-state index in [1.54, 1.807) is 0 Å². The third-order valence-electron chi connectivity index (χ3n) is 6.91. The summed E-state index contributed by atoms with van der Waals surface area (Å²) in [6.07, 6.45) is 5.93. The molecule has 2 aliphatic heterocycles. The van der Waals surface area contributed by atoms with Gasteiger partial charge in [0.25, 0.3) is 0 Å². The van der Waals surface area contributed by atoms with Crippen molar-refractivity contribution in [2.75, 3.05) is 26.4 Å². The Kier molecular flexibility index (Phi) is 6.89. The van der Waals surface area contributed by atoms with E-state index < -0.39 is 0 Å². The van der Waals surface area contributed by atoms with Crippen LogP contribution in [-0.4, -0.2) is 44.4 Å². The minimum absolute atomic E-state index is 0.115. The number of Topliss-reactive ketones (excluding diaryl/α,β-unsaturated/α-hetero) is 1. The molecule has 3 aromatic rings. The molecule has 3 atom stereocenters. The Hall–Kier alpha value is -3.67. The first-order chi connectivity index (χ1) is 18.2. The van der Waals surface area contributed by atoms with Crippen molar-refractivity contribution in [2.24, 2.45) is 0 Å². The number of ether oxygens (including phenoxy) is 4. The molecule has 2 heterocycles. The number of rotatable bonds is 9. The summed E-state index contributed by atoms with van der Waals surface area (Å²) in [5.74, 6) is 1.99. The van der Waals surface area contributed by atoms with E-state index in [1.807, 2.05) is 66.7 Å². The van der Waals surface area contributed by atoms with Gasteiger partial charge in [-0.15, -0.1) is 0 Å². The third kappa shape index (κ3) is 6.37. The fourth-order valence-electron chi connectivity index (χ4n) is 4.63. The Labute approximate surface area is 217 Å². The van der Waals surface area contributed by atoms with Gasteiger partial charge in [-0.2, -0.15) is 0 Å². The molecule has 0 spiro atoms. The van der Waals surface area contributed by atoms with Gasteiger partial charge in [-0.1, -0.05) is 54.6 Å². The Morgan fingerprint density at radius 3 is 1.57 bits per heavy atom. The van der Waals surface area contributed by atoms with Gasteiger partial charge in [0.15, 0.2) is 5.78 Å². The van der Waals surface area contributed by atoms with Crippen LogP contribution in [0, 0.1) is 0 Å². The van der Waals surface area contributed by atoms with Crippen molar-refractivity contribution in [3.63, 3.8) is 0 Å². The first-order valence-electron chi connectivity index (χ1n) is 12.9. The van der Waals surface area contributed by atoms with Gasteiger partial charge in [-0.3, -0.25) is 4.79 Å². The largest absolute Gasteiger partial charge is 0.491 e. The molecular formula is C32H30O5. The maximum absolute atomic E-state index is 13.6. The van der Waals surface area contributed by atoms with E-state index in [0.29, 0.717) is 26.1 Å². The topological polar surface area (TPSA) is 60.6 Å². The van der Waals surface area contributed by atoms with E-state index in [1.165, 1.54) is 5.56 Å². The van der Waals surface area contributed by atoms with Gasteiger partial charge in [0.2, 0.25) is 0 Å². The summed E-state index contributed by atoms with van der Waals surface area (Å²) in [5, 5.41) is 0. The predicted octanol–water partition coefficient (Wildman–Crippen LogP) is 5.86. The lowest BCUT2D eigenvalue weighted by atomic mass is 9.77. The third-order valence-corrected chi connectivity index (χ3v) is 6.91. The standard InChI is InChI=1S/C32H30O5/c33-32-26(14-22-6-10-28(11-7-22)34-18-30-20-36-30)16-25(24-4-2-1-3-5-24)17-27(32)15-23-8-12-29(13-9-23)35-19-31-21-37-31/h1-15,25,30-31H,16-21H2/b26-14-,27-15+. The molecule has 3 aliphatic rings. The molecule has 3 fully saturated rings. The molecule has 5 heteroatoms. The maximum Gasteiger partial charge on any atom is 0.185 e. The lowest BCUT2D eigenvalue weighted by molar-refractivity contribution is -0.113. The van der Waals surface area contributed by atoms with Crippen molar-refractivity contribution in [3.8, 4) is 11.5 Å². The van der Waals surface area contributed by atoms with E-state index in [-0.39, 0.29) is 23.9 Å². The molecule has 5 nitrogen and oxygen atoms in total. The van der Waals surface area contributed by atoms with Gasteiger partial charge in [0, 0.05) is 11.1 Å². The van der Waals surface area contributed by atoms with E-state index in [0.717, 1.165) is 47.0 Å². The molecule has 1 saturated carbocycles. The first-order valence-corrected chi connectivity index (χ1v) is 12.9. The van der Waals surface area contributed by atoms with Gasteiger partial charge in [0.05, 0.1) is 13.2 Å². The molecule has 6 rings (SSSR count). The predicted molar refractivity (Wildman–Crippen MR) is 143 cm³/mol. The van der Waals surface area contributed by atoms with Crippen LogP contribution in [-0.2, 0) is 14.3 Å². The molecule has 3 aromatic carbocycles. The number of epoxide rings is 2. The molecule has 3 unspecified atom stereocenters. The van der Waals surface area contributed by atoms with Gasteiger partial charge < -0.3 is 18.9 Å². The number of hydrogen-bond acceptors (Lipinski definition) is 5. The lowest BCUT2D eigenvalue weighted by Gasteiger charge is -2.26. The molecule has 37 heavy (non-hydrogen) atoms. The summed E-state index contributed by atoms with van der Waals surface area (Å²) in [6.45, 7) is 2.71. The monoisotopic (exact) mass is 494 g/mol. The molecular weight excluding hydrogens is 464 g/mol. The second-order valence-corrected chi connectivity index (χ2v) is 9.85. The van der Waals surface area contributed by atoms with Crippen LogP contribution in [0.1, 0.15) is 35.4 Å². The highest BCUT2D eigenvalue weighted by molar-refractivity contribution is 6.14. The highest BCUT2D eigenvalue weighted by Crippen LogP contribution is 2.38. The SMILES string of the molecule is O=C1/C(=C\c2ccc(OCC3CO3)cc2)CC(c2ccccc2)C/C1=C\c1ccc(OCC2CO2)cc1. The van der Waals surface area contributed by atoms with Crippen LogP contribution >= 0.6 is 0 Å². The molecule has 188 valence electrons. The smallest absolute Gasteiger partial charge is 0.185 e. The zero-order valence-electron chi connectivity index (χ0n) is 20.7. The Bertz CT molecular complexity index is 1200. The number of allylic oxidation sites excluding steroid dienone is 2. The van der Waals surface area contributed by atoms with Crippen LogP contribution < -0.4 is 9.47 Å². The van der Waals surface area contributed by atoms with Crippen LogP contribution in [0.5, 0.6) is 11.5 Å². The highest BCUT2D eigenvalue weighted by Gasteiger charge is 2.29. The van der Waals surface area contributed by atoms with E-state index in [2.05, 4.69) is 24.3 Å². The zero-order chi connectivity index (χ0) is 25.0. The van der Waals surface area contributed by atoms with Crippen molar-refractivity contribution in [1.82, 2.24) is 0 Å². The van der Waals surface area contributed by atoms with Gasteiger partial charge in [-0.25, -0.2) is 0 Å². The number of benzene rings is 3. The summed E-state index contributed by atoms with van der Waals surface area (Å²) in [6, 6.07) is 26.3. The highest BCUT2D eigenvalue weighted by atomic mass is 16.6. The van der Waals surface area contributed by atoms with Crippen LogP contribution in [0.25, 0.3) is 12.2 Å². The van der Waals surface area contributed by atoms with Crippen LogP contribution in [0.4, 0.5) is 0 Å². The Morgan fingerprint density at radius 2 is 1.14 bits per heavy atom. The van der Waals surface area contributed by atoms with Gasteiger partial charge >= 0.3 is 0 Å². The van der Waals surface area contributed by atoms with Gasteiger partial charge in [-0.05, 0) is 71.9 Å². The minimum Gasteiger partial charge on any atom is -0.491 e. The van der Waals surface area contributed by atoms with Crippen LogP contribution in [0.3, 0.4) is 0 Å². The van der Waals surface area contributed by atoms with Crippen LogP contribution in [0.15, 0.2) is 90.0 Å². The number of carbonyl (C=O) groups is 1. The average Bonchev–Trinajstić information content (AvgIpc) is 3.86. The fraction of sp³-hybridized carbons (Fsp3) is 0.281. The fourth-order valence-corrected chi connectivity index (χ4v) is 4.63. The quantitative estimate of drug-likeness (QED) is 0.276. The molecule has 0 radical (unpaired) electrons. The number of hydrogen-bond donors (Lipinski definition) is 0. The van der Waals surface area contributed by atoms with E-state index in [9.17, 15) is 4.79 Å². The van der Waals surface area contributed by atoms with Crippen molar-refractivity contribution >= 4 is 17.9 Å². The molecule has 1 aliphatic carbocycles. The summed E-state index contributed by atoms with van der Waals surface area (Å²) < 4.78 is 21.9. The second-order valence-electron chi connectivity index (χ2n) is 9.85. The maximum atomic E-state index is 13.6. The van der Waals surface area contributed by atoms with Crippen molar-refractivity contribution in [2.45, 2.75) is 31.0 Å². The first kappa shape index (κ1) is 23.7. The number of ketones is 1. The molecule has 0 amide bonds. The zero-order valence-corrected chi connectivity index (χ0v) is 20.7.